The van der Waals surface area contributed by atoms with Gasteiger partial charge in [0.15, 0.2) is 0 Å². The molecule has 0 aromatic heterocycles. The monoisotopic (exact) mass is 226 g/mol. The molecule has 2 N–H and O–H groups in total. The largest absolute Gasteiger partial charge is 0.396 e. The van der Waals surface area contributed by atoms with Gasteiger partial charge in [-0.3, -0.25) is 0 Å². The highest BCUT2D eigenvalue weighted by atomic mass is 16.2. The topological polar surface area (TPSA) is 56.0 Å². The second kappa shape index (κ2) is 9.62. The fourth-order valence-corrected chi connectivity index (χ4v) is 1.55. The van der Waals surface area contributed by atoms with Gasteiger partial charge in [-0.15, -0.1) is 0 Å². The van der Waals surface area contributed by atoms with Crippen molar-refractivity contribution in [2.24, 2.45) is 5.41 Å². The minimum atomic E-state index is -0.178. The molecule has 94 valence electrons. The van der Waals surface area contributed by atoms with Gasteiger partial charge in [0.05, 0.1) is 11.5 Å². The molecular weight excluding hydrogens is 200 g/mol. The Bertz CT molecular complexity index is 197. The van der Waals surface area contributed by atoms with E-state index >= 15 is 0 Å². The van der Waals surface area contributed by atoms with E-state index in [9.17, 15) is 0 Å². The average molecular weight is 226 g/mol. The molecule has 0 aliphatic carbocycles. The quantitative estimate of drug-likeness (QED) is 0.563. The van der Waals surface area contributed by atoms with Gasteiger partial charge in [0.2, 0.25) is 0 Å². The van der Waals surface area contributed by atoms with Gasteiger partial charge in [-0.2, -0.15) is 5.26 Å². The lowest BCUT2D eigenvalue weighted by Crippen LogP contribution is -2.19. The van der Waals surface area contributed by atoms with E-state index in [4.69, 9.17) is 10.4 Å². The van der Waals surface area contributed by atoms with Crippen LogP contribution in [-0.2, 0) is 0 Å². The lowest BCUT2D eigenvalue weighted by atomic mass is 9.90. The van der Waals surface area contributed by atoms with Crippen molar-refractivity contribution in [3.05, 3.63) is 0 Å². The van der Waals surface area contributed by atoms with Gasteiger partial charge in [-0.1, -0.05) is 12.8 Å². The van der Waals surface area contributed by atoms with Crippen LogP contribution in [0.5, 0.6) is 0 Å². The van der Waals surface area contributed by atoms with E-state index in [2.05, 4.69) is 11.4 Å². The molecule has 3 nitrogen and oxygen atoms in total. The van der Waals surface area contributed by atoms with Crippen LogP contribution in [0, 0.1) is 16.7 Å². The number of hydrogen-bond acceptors (Lipinski definition) is 3. The van der Waals surface area contributed by atoms with E-state index in [0.29, 0.717) is 6.61 Å². The number of nitrogens with one attached hydrogen (secondary N) is 1. The molecule has 0 amide bonds. The van der Waals surface area contributed by atoms with Crippen molar-refractivity contribution in [3.8, 4) is 6.07 Å². The normalized spacial score (nSPS) is 11.4. The molecule has 3 heteroatoms. The molecule has 0 heterocycles. The van der Waals surface area contributed by atoms with E-state index in [1.54, 1.807) is 0 Å². The van der Waals surface area contributed by atoms with E-state index in [1.165, 1.54) is 12.8 Å². The highest BCUT2D eigenvalue weighted by molar-refractivity contribution is 4.91. The average Bonchev–Trinajstić information content (AvgIpc) is 2.27. The minimum Gasteiger partial charge on any atom is -0.396 e. The third-order valence-corrected chi connectivity index (χ3v) is 2.72. The molecule has 16 heavy (non-hydrogen) atoms. The third kappa shape index (κ3) is 9.95. The molecule has 0 saturated carbocycles. The first-order valence-electron chi connectivity index (χ1n) is 6.35. The Labute approximate surface area is 99.9 Å². The fraction of sp³-hybridized carbons (Fsp3) is 0.923. The van der Waals surface area contributed by atoms with Gasteiger partial charge in [0.25, 0.3) is 0 Å². The highest BCUT2D eigenvalue weighted by Crippen LogP contribution is 2.19. The summed E-state index contributed by atoms with van der Waals surface area (Å²) in [7, 11) is 0. The maximum Gasteiger partial charge on any atom is 0.0683 e. The van der Waals surface area contributed by atoms with Crippen LogP contribution in [0.4, 0.5) is 0 Å². The van der Waals surface area contributed by atoms with Gasteiger partial charge in [0.1, 0.15) is 0 Å². The van der Waals surface area contributed by atoms with Crippen molar-refractivity contribution in [3.63, 3.8) is 0 Å². The summed E-state index contributed by atoms with van der Waals surface area (Å²) in [5, 5.41) is 20.8. The lowest BCUT2D eigenvalue weighted by molar-refractivity contribution is 0.282. The number of unbranched alkanes of at least 4 members (excludes halogenated alkanes) is 3. The zero-order valence-electron chi connectivity index (χ0n) is 10.8. The zero-order chi connectivity index (χ0) is 12.3. The van der Waals surface area contributed by atoms with Crippen LogP contribution in [-0.4, -0.2) is 24.8 Å². The van der Waals surface area contributed by atoms with E-state index < -0.39 is 0 Å². The smallest absolute Gasteiger partial charge is 0.0683 e. The van der Waals surface area contributed by atoms with Crippen LogP contribution in [0.15, 0.2) is 0 Å². The van der Waals surface area contributed by atoms with Crippen molar-refractivity contribution < 1.29 is 5.11 Å². The molecule has 0 radical (unpaired) electrons. The second-order valence-electron chi connectivity index (χ2n) is 4.99. The molecule has 0 unspecified atom stereocenters. The number of nitriles is 1. The predicted octanol–water partition coefficient (Wildman–Crippen LogP) is 2.46. The molecule has 0 spiro atoms. The third-order valence-electron chi connectivity index (χ3n) is 2.72. The molecular formula is C13H26N2O. The van der Waals surface area contributed by atoms with Gasteiger partial charge in [0, 0.05) is 6.61 Å². The highest BCUT2D eigenvalue weighted by Gasteiger charge is 2.14. The second-order valence-corrected chi connectivity index (χ2v) is 4.99. The SMILES string of the molecule is CC(C)(C#N)CCCNCCCCCCO. The fourth-order valence-electron chi connectivity index (χ4n) is 1.55. The summed E-state index contributed by atoms with van der Waals surface area (Å²) in [5.41, 5.74) is -0.178. The summed E-state index contributed by atoms with van der Waals surface area (Å²) in [4.78, 5) is 0. The predicted molar refractivity (Wildman–Crippen MR) is 67.1 cm³/mol. The number of aliphatic hydroxyl groups is 1. The van der Waals surface area contributed by atoms with Gasteiger partial charge in [-0.25, -0.2) is 0 Å². The molecule has 0 saturated heterocycles. The molecule has 0 atom stereocenters. The van der Waals surface area contributed by atoms with Crippen LogP contribution in [0.2, 0.25) is 0 Å². The van der Waals surface area contributed by atoms with Crippen molar-refractivity contribution in [1.29, 1.82) is 5.26 Å². The lowest BCUT2D eigenvalue weighted by Gasteiger charge is -2.14. The van der Waals surface area contributed by atoms with Crippen molar-refractivity contribution in [2.45, 2.75) is 52.4 Å². The van der Waals surface area contributed by atoms with Crippen LogP contribution in [0.3, 0.4) is 0 Å². The Hall–Kier alpha value is -0.590. The number of aliphatic hydroxyl groups excluding tert-OH is 1. The molecule has 0 bridgehead atoms. The summed E-state index contributed by atoms with van der Waals surface area (Å²) in [5.74, 6) is 0. The summed E-state index contributed by atoms with van der Waals surface area (Å²) < 4.78 is 0. The van der Waals surface area contributed by atoms with Crippen LogP contribution in [0.25, 0.3) is 0 Å². The Morgan fingerprint density at radius 2 is 1.69 bits per heavy atom. The van der Waals surface area contributed by atoms with E-state index in [1.807, 2.05) is 13.8 Å². The Morgan fingerprint density at radius 1 is 1.06 bits per heavy atom. The summed E-state index contributed by atoms with van der Waals surface area (Å²) in [6, 6.07) is 2.32. The molecule has 0 aromatic rings. The summed E-state index contributed by atoms with van der Waals surface area (Å²) >= 11 is 0. The first kappa shape index (κ1) is 15.4. The van der Waals surface area contributed by atoms with Crippen molar-refractivity contribution >= 4 is 0 Å². The van der Waals surface area contributed by atoms with Crippen LogP contribution in [0.1, 0.15) is 52.4 Å². The van der Waals surface area contributed by atoms with E-state index in [-0.39, 0.29) is 5.41 Å². The van der Waals surface area contributed by atoms with Gasteiger partial charge < -0.3 is 10.4 Å². The Morgan fingerprint density at radius 3 is 2.31 bits per heavy atom. The van der Waals surface area contributed by atoms with Crippen LogP contribution < -0.4 is 5.32 Å². The van der Waals surface area contributed by atoms with Crippen LogP contribution >= 0.6 is 0 Å². The van der Waals surface area contributed by atoms with Crippen molar-refractivity contribution in [2.75, 3.05) is 19.7 Å². The first-order chi connectivity index (χ1) is 7.62. The number of rotatable bonds is 10. The molecule has 0 aliphatic heterocycles. The molecule has 0 aromatic carbocycles. The Balaban J connectivity index is 3.14. The summed E-state index contributed by atoms with van der Waals surface area (Å²) in [6.07, 6.45) is 6.45. The van der Waals surface area contributed by atoms with Gasteiger partial charge >= 0.3 is 0 Å². The molecule has 0 rings (SSSR count). The van der Waals surface area contributed by atoms with E-state index in [0.717, 1.165) is 38.8 Å². The number of hydrogen-bond donors (Lipinski definition) is 2. The minimum absolute atomic E-state index is 0.178. The molecule has 0 fully saturated rings. The first-order valence-corrected chi connectivity index (χ1v) is 6.35. The molecule has 0 aliphatic rings. The van der Waals surface area contributed by atoms with Gasteiger partial charge in [-0.05, 0) is 52.6 Å². The zero-order valence-corrected chi connectivity index (χ0v) is 10.8. The number of nitrogens with zero attached hydrogens (tertiary/aromatic N) is 1. The summed E-state index contributed by atoms with van der Waals surface area (Å²) in [6.45, 7) is 6.35. The Kier molecular flexibility index (Phi) is 9.27. The maximum absolute atomic E-state index is 8.83. The maximum atomic E-state index is 8.83. The van der Waals surface area contributed by atoms with Crippen molar-refractivity contribution in [1.82, 2.24) is 5.32 Å². The standard InChI is InChI=1S/C13H26N2O/c1-13(2,12-14)8-7-10-15-9-5-3-4-6-11-16/h15-16H,3-11H2,1-2H3.